The van der Waals surface area contributed by atoms with Gasteiger partial charge in [-0.3, -0.25) is 13.9 Å². The Bertz CT molecular complexity index is 1400. The Kier molecular flexibility index (Phi) is 10.5. The van der Waals surface area contributed by atoms with Crippen molar-refractivity contribution in [3.8, 4) is 0 Å². The van der Waals surface area contributed by atoms with Gasteiger partial charge in [0.25, 0.3) is 10.0 Å². The van der Waals surface area contributed by atoms with E-state index in [0.29, 0.717) is 18.7 Å². The molecule has 1 unspecified atom stereocenters. The van der Waals surface area contributed by atoms with Crippen molar-refractivity contribution in [1.82, 2.24) is 10.2 Å². The van der Waals surface area contributed by atoms with Crippen LogP contribution >= 0.6 is 0 Å². The van der Waals surface area contributed by atoms with Gasteiger partial charge in [-0.15, -0.1) is 0 Å². The predicted octanol–water partition coefficient (Wildman–Crippen LogP) is 5.57. The van der Waals surface area contributed by atoms with Crippen LogP contribution in [0.2, 0.25) is 0 Å². The van der Waals surface area contributed by atoms with Gasteiger partial charge in [-0.2, -0.15) is 0 Å². The second-order valence-electron chi connectivity index (χ2n) is 10.4. The summed E-state index contributed by atoms with van der Waals surface area (Å²) in [4.78, 5) is 28.7. The van der Waals surface area contributed by atoms with Crippen molar-refractivity contribution < 1.29 is 18.0 Å². The van der Waals surface area contributed by atoms with Crippen molar-refractivity contribution in [3.05, 3.63) is 95.1 Å². The van der Waals surface area contributed by atoms with Crippen LogP contribution in [0.5, 0.6) is 0 Å². The summed E-state index contributed by atoms with van der Waals surface area (Å²) in [6, 6.07) is 20.8. The fraction of sp³-hybridized carbons (Fsp3) is 0.375. The number of nitrogens with zero attached hydrogens (tertiary/aromatic N) is 2. The van der Waals surface area contributed by atoms with E-state index in [2.05, 4.69) is 19.2 Å². The third kappa shape index (κ3) is 7.50. The maximum Gasteiger partial charge on any atom is 0.264 e. The number of amides is 2. The number of nitrogens with one attached hydrogen (secondary N) is 1. The topological polar surface area (TPSA) is 86.8 Å². The highest BCUT2D eigenvalue weighted by atomic mass is 32.2. The van der Waals surface area contributed by atoms with E-state index in [1.807, 2.05) is 64.1 Å². The number of hydrogen-bond donors (Lipinski definition) is 1. The molecule has 0 aliphatic heterocycles. The molecule has 0 heterocycles. The zero-order valence-corrected chi connectivity index (χ0v) is 25.2. The summed E-state index contributed by atoms with van der Waals surface area (Å²) in [7, 11) is -4.09. The molecule has 3 aromatic rings. The van der Waals surface area contributed by atoms with Crippen molar-refractivity contribution in [1.29, 1.82) is 0 Å². The van der Waals surface area contributed by atoms with Crippen LogP contribution in [0.1, 0.15) is 62.3 Å². The standard InChI is InChI=1S/C32H41N3O4S/c1-7-30(32(37)33-8-2)34(21-26-11-9-10-25(6)20-26)31(36)22-35(28-16-14-27(15-17-28)23(3)4)40(38,39)29-18-12-24(5)13-19-29/h9-20,23,30H,7-8,21-22H2,1-6H3,(H,33,37). The highest BCUT2D eigenvalue weighted by molar-refractivity contribution is 7.92. The Morgan fingerprint density at radius 2 is 1.52 bits per heavy atom. The number of hydrogen-bond acceptors (Lipinski definition) is 4. The summed E-state index contributed by atoms with van der Waals surface area (Å²) in [5.41, 5.74) is 4.28. The maximum absolute atomic E-state index is 14.1. The van der Waals surface area contributed by atoms with Gasteiger partial charge >= 0.3 is 0 Å². The van der Waals surface area contributed by atoms with Crippen LogP contribution in [-0.4, -0.2) is 44.3 Å². The van der Waals surface area contributed by atoms with Gasteiger partial charge in [0.2, 0.25) is 11.8 Å². The minimum atomic E-state index is -4.09. The zero-order chi connectivity index (χ0) is 29.4. The summed E-state index contributed by atoms with van der Waals surface area (Å²) in [6.45, 7) is 11.8. The normalized spacial score (nSPS) is 12.2. The molecule has 0 bridgehead atoms. The van der Waals surface area contributed by atoms with Gasteiger partial charge in [0, 0.05) is 13.1 Å². The maximum atomic E-state index is 14.1. The fourth-order valence-corrected chi connectivity index (χ4v) is 6.02. The van der Waals surface area contributed by atoms with Gasteiger partial charge in [0.05, 0.1) is 10.6 Å². The summed E-state index contributed by atoms with van der Waals surface area (Å²) >= 11 is 0. The third-order valence-electron chi connectivity index (χ3n) is 6.91. The van der Waals surface area contributed by atoms with Crippen LogP contribution in [0.25, 0.3) is 0 Å². The Balaban J connectivity index is 2.07. The number of sulfonamides is 1. The average molecular weight is 564 g/mol. The third-order valence-corrected chi connectivity index (χ3v) is 8.70. The molecule has 0 saturated carbocycles. The lowest BCUT2D eigenvalue weighted by Gasteiger charge is -2.33. The fourth-order valence-electron chi connectivity index (χ4n) is 4.61. The first-order valence-corrected chi connectivity index (χ1v) is 15.2. The molecular formula is C32H41N3O4S. The van der Waals surface area contributed by atoms with Crippen molar-refractivity contribution in [2.75, 3.05) is 17.4 Å². The lowest BCUT2D eigenvalue weighted by Crippen LogP contribution is -2.52. The minimum Gasteiger partial charge on any atom is -0.355 e. The average Bonchev–Trinajstić information content (AvgIpc) is 2.92. The Hall–Kier alpha value is -3.65. The molecular weight excluding hydrogens is 522 g/mol. The number of benzene rings is 3. The predicted molar refractivity (Wildman–Crippen MR) is 161 cm³/mol. The molecule has 0 aromatic heterocycles. The first-order valence-electron chi connectivity index (χ1n) is 13.8. The van der Waals surface area contributed by atoms with Crippen LogP contribution in [0.3, 0.4) is 0 Å². The van der Waals surface area contributed by atoms with E-state index in [0.717, 1.165) is 26.6 Å². The molecule has 0 aliphatic rings. The molecule has 3 rings (SSSR count). The Labute approximate surface area is 239 Å². The molecule has 0 saturated heterocycles. The number of anilines is 1. The first-order chi connectivity index (χ1) is 19.0. The van der Waals surface area contributed by atoms with Crippen molar-refractivity contribution >= 4 is 27.5 Å². The minimum absolute atomic E-state index is 0.0971. The molecule has 7 nitrogen and oxygen atoms in total. The lowest BCUT2D eigenvalue weighted by atomic mass is 10.0. The molecule has 0 fully saturated rings. The van der Waals surface area contributed by atoms with Gasteiger partial charge in [-0.05, 0) is 68.5 Å². The Morgan fingerprint density at radius 1 is 0.875 bits per heavy atom. The van der Waals surface area contributed by atoms with E-state index in [1.165, 1.54) is 4.90 Å². The van der Waals surface area contributed by atoms with Crippen LogP contribution in [-0.2, 0) is 26.2 Å². The monoisotopic (exact) mass is 563 g/mol. The summed E-state index contributed by atoms with van der Waals surface area (Å²) in [5.74, 6) is -0.450. The number of likely N-dealkylation sites (N-methyl/N-ethyl adjacent to an activating group) is 1. The number of carbonyl (C=O) groups is 2. The van der Waals surface area contributed by atoms with Crippen molar-refractivity contribution in [2.45, 2.75) is 71.4 Å². The molecule has 0 radical (unpaired) electrons. The van der Waals surface area contributed by atoms with Crippen LogP contribution in [0.4, 0.5) is 5.69 Å². The highest BCUT2D eigenvalue weighted by Gasteiger charge is 2.33. The Morgan fingerprint density at radius 3 is 2.08 bits per heavy atom. The lowest BCUT2D eigenvalue weighted by molar-refractivity contribution is -0.140. The molecule has 8 heteroatoms. The van der Waals surface area contributed by atoms with Crippen LogP contribution in [0, 0.1) is 13.8 Å². The molecule has 3 aromatic carbocycles. The molecule has 1 N–H and O–H groups in total. The van der Waals surface area contributed by atoms with E-state index in [9.17, 15) is 18.0 Å². The van der Waals surface area contributed by atoms with Crippen LogP contribution < -0.4 is 9.62 Å². The molecule has 2 amide bonds. The van der Waals surface area contributed by atoms with Crippen molar-refractivity contribution in [3.63, 3.8) is 0 Å². The smallest absolute Gasteiger partial charge is 0.264 e. The van der Waals surface area contributed by atoms with E-state index < -0.39 is 28.5 Å². The summed E-state index contributed by atoms with van der Waals surface area (Å²) in [5, 5.41) is 2.83. The van der Waals surface area contributed by atoms with E-state index in [-0.39, 0.29) is 23.3 Å². The van der Waals surface area contributed by atoms with Gasteiger partial charge in [0.1, 0.15) is 12.6 Å². The molecule has 0 aliphatic carbocycles. The number of aryl methyl sites for hydroxylation is 2. The highest BCUT2D eigenvalue weighted by Crippen LogP contribution is 2.27. The molecule has 40 heavy (non-hydrogen) atoms. The molecule has 1 atom stereocenters. The van der Waals surface area contributed by atoms with Gasteiger partial charge < -0.3 is 10.2 Å². The van der Waals surface area contributed by atoms with Crippen molar-refractivity contribution in [2.24, 2.45) is 0 Å². The zero-order valence-electron chi connectivity index (χ0n) is 24.3. The second kappa shape index (κ2) is 13.6. The van der Waals surface area contributed by atoms with Gasteiger partial charge in [0.15, 0.2) is 0 Å². The van der Waals surface area contributed by atoms with Crippen LogP contribution in [0.15, 0.2) is 77.7 Å². The van der Waals surface area contributed by atoms with Gasteiger partial charge in [-0.1, -0.05) is 80.4 Å². The number of carbonyl (C=O) groups excluding carboxylic acids is 2. The molecule has 0 spiro atoms. The van der Waals surface area contributed by atoms with Gasteiger partial charge in [-0.25, -0.2) is 8.42 Å². The van der Waals surface area contributed by atoms with E-state index in [1.54, 1.807) is 36.4 Å². The second-order valence-corrected chi connectivity index (χ2v) is 12.3. The quantitative estimate of drug-likeness (QED) is 0.312. The SMILES string of the molecule is CCNC(=O)C(CC)N(Cc1cccc(C)c1)C(=O)CN(c1ccc(C(C)C)cc1)S(=O)(=O)c1ccc(C)cc1. The molecule has 214 valence electrons. The first kappa shape index (κ1) is 30.9. The van der Waals surface area contributed by atoms with E-state index in [4.69, 9.17) is 0 Å². The summed E-state index contributed by atoms with van der Waals surface area (Å²) < 4.78 is 29.1. The van der Waals surface area contributed by atoms with E-state index >= 15 is 0 Å². The summed E-state index contributed by atoms with van der Waals surface area (Å²) in [6.07, 6.45) is 0.386. The largest absolute Gasteiger partial charge is 0.355 e. The number of rotatable bonds is 12.